The molecule has 112 valence electrons. The number of nitrogens with zero attached hydrogens (tertiary/aromatic N) is 1. The van der Waals surface area contributed by atoms with E-state index in [-0.39, 0.29) is 5.75 Å². The molecule has 0 saturated carbocycles. The van der Waals surface area contributed by atoms with Gasteiger partial charge >= 0.3 is 0 Å². The van der Waals surface area contributed by atoms with Crippen molar-refractivity contribution >= 4 is 33.0 Å². The monoisotopic (exact) mass is 316 g/mol. The fourth-order valence-corrected chi connectivity index (χ4v) is 5.29. The second-order valence-electron chi connectivity index (χ2n) is 4.57. The summed E-state index contributed by atoms with van der Waals surface area (Å²) in [7, 11) is -1.59. The molecule has 2 N–H and O–H groups in total. The molecule has 1 atom stereocenters. The van der Waals surface area contributed by atoms with Gasteiger partial charge in [0.1, 0.15) is 11.1 Å². The fraction of sp³-hybridized carbons (Fsp3) is 0.538. The van der Waals surface area contributed by atoms with Gasteiger partial charge in [-0.25, -0.2) is 8.42 Å². The van der Waals surface area contributed by atoms with E-state index in [1.165, 1.54) is 0 Å². The first kappa shape index (κ1) is 15.3. The number of nitrogen functional groups attached to an aromatic ring is 1. The highest BCUT2D eigenvalue weighted by Gasteiger charge is 2.34. The van der Waals surface area contributed by atoms with Crippen molar-refractivity contribution in [3.8, 4) is 5.75 Å². The van der Waals surface area contributed by atoms with Crippen molar-refractivity contribution in [3.05, 3.63) is 18.2 Å². The third-order valence-corrected chi connectivity index (χ3v) is 6.76. The number of hydrogen-bond acceptors (Lipinski definition) is 6. The zero-order valence-electron chi connectivity index (χ0n) is 11.7. The molecule has 1 aromatic carbocycles. The lowest BCUT2D eigenvalue weighted by Crippen LogP contribution is -2.48. The molecular formula is C13H20N2O3S2. The van der Waals surface area contributed by atoms with Crippen molar-refractivity contribution in [1.82, 2.24) is 0 Å². The van der Waals surface area contributed by atoms with E-state index in [4.69, 9.17) is 10.5 Å². The molecule has 7 heteroatoms. The lowest BCUT2D eigenvalue weighted by molar-refractivity contribution is 0.417. The van der Waals surface area contributed by atoms with Gasteiger partial charge in [-0.1, -0.05) is 13.0 Å². The van der Waals surface area contributed by atoms with Gasteiger partial charge in [-0.3, -0.25) is 0 Å². The standard InChI is InChI=1S/C13H20N2O3S2/c1-3-20(16,17)12-9-19-8-7-15(12)10-5-4-6-11(18-2)13(10)14/h4-6,12H,3,7-9,14H2,1-2H3. The number of sulfone groups is 1. The van der Waals surface area contributed by atoms with Gasteiger partial charge in [0.2, 0.25) is 0 Å². The highest BCUT2D eigenvalue weighted by Crippen LogP contribution is 2.36. The number of hydrogen-bond donors (Lipinski definition) is 1. The Bertz CT molecular complexity index is 575. The molecular weight excluding hydrogens is 296 g/mol. The summed E-state index contributed by atoms with van der Waals surface area (Å²) in [6.45, 7) is 2.35. The molecule has 0 amide bonds. The Labute approximate surface area is 124 Å². The lowest BCUT2D eigenvalue weighted by Gasteiger charge is -2.37. The maximum absolute atomic E-state index is 12.3. The van der Waals surface area contributed by atoms with Crippen molar-refractivity contribution in [2.75, 3.05) is 41.5 Å². The Morgan fingerprint density at radius 3 is 2.90 bits per heavy atom. The molecule has 0 radical (unpaired) electrons. The van der Waals surface area contributed by atoms with Crippen LogP contribution >= 0.6 is 11.8 Å². The zero-order chi connectivity index (χ0) is 14.8. The van der Waals surface area contributed by atoms with Gasteiger partial charge < -0.3 is 15.4 Å². The summed E-state index contributed by atoms with van der Waals surface area (Å²) in [5.41, 5.74) is 7.34. The second-order valence-corrected chi connectivity index (χ2v) is 8.16. The maximum atomic E-state index is 12.3. The van der Waals surface area contributed by atoms with Crippen LogP contribution in [0, 0.1) is 0 Å². The molecule has 1 heterocycles. The number of nitrogens with two attached hydrogens (primary N) is 1. The van der Waals surface area contributed by atoms with Crippen molar-refractivity contribution < 1.29 is 13.2 Å². The molecule has 0 aromatic heterocycles. The molecule has 0 aliphatic carbocycles. The number of benzene rings is 1. The van der Waals surface area contributed by atoms with E-state index in [1.807, 2.05) is 17.0 Å². The van der Waals surface area contributed by atoms with Crippen LogP contribution in [0.2, 0.25) is 0 Å². The summed E-state index contributed by atoms with van der Waals surface area (Å²) >= 11 is 1.67. The van der Waals surface area contributed by atoms with Crippen LogP contribution in [-0.2, 0) is 9.84 Å². The highest BCUT2D eigenvalue weighted by atomic mass is 32.2. The summed E-state index contributed by atoms with van der Waals surface area (Å²) < 4.78 is 29.8. The summed E-state index contributed by atoms with van der Waals surface area (Å²) in [5.74, 6) is 2.19. The zero-order valence-corrected chi connectivity index (χ0v) is 13.3. The van der Waals surface area contributed by atoms with E-state index < -0.39 is 15.2 Å². The first-order chi connectivity index (χ1) is 9.51. The summed E-state index contributed by atoms with van der Waals surface area (Å²) in [6.07, 6.45) is 0. The molecule has 1 saturated heterocycles. The van der Waals surface area contributed by atoms with E-state index in [1.54, 1.807) is 31.9 Å². The number of anilines is 2. The minimum Gasteiger partial charge on any atom is -0.495 e. The normalized spacial score (nSPS) is 19.9. The maximum Gasteiger partial charge on any atom is 0.171 e. The van der Waals surface area contributed by atoms with Gasteiger partial charge in [0, 0.05) is 23.8 Å². The van der Waals surface area contributed by atoms with Crippen LogP contribution in [0.1, 0.15) is 6.92 Å². The molecule has 1 aliphatic heterocycles. The first-order valence-corrected chi connectivity index (χ1v) is 9.36. The van der Waals surface area contributed by atoms with Gasteiger partial charge in [0.15, 0.2) is 9.84 Å². The van der Waals surface area contributed by atoms with E-state index in [2.05, 4.69) is 0 Å². The van der Waals surface area contributed by atoms with E-state index in [9.17, 15) is 8.42 Å². The molecule has 5 nitrogen and oxygen atoms in total. The van der Waals surface area contributed by atoms with Gasteiger partial charge in [0.25, 0.3) is 0 Å². The molecule has 0 bridgehead atoms. The van der Waals surface area contributed by atoms with Gasteiger partial charge in [-0.2, -0.15) is 11.8 Å². The molecule has 1 aromatic rings. The van der Waals surface area contributed by atoms with Crippen LogP contribution < -0.4 is 15.4 Å². The van der Waals surface area contributed by atoms with Crippen molar-refractivity contribution in [1.29, 1.82) is 0 Å². The van der Waals surface area contributed by atoms with Crippen LogP contribution in [0.4, 0.5) is 11.4 Å². The average Bonchev–Trinajstić information content (AvgIpc) is 2.47. The number of rotatable bonds is 4. The van der Waals surface area contributed by atoms with Gasteiger partial charge in [-0.15, -0.1) is 0 Å². The quantitative estimate of drug-likeness (QED) is 0.851. The molecule has 20 heavy (non-hydrogen) atoms. The SMILES string of the molecule is CCS(=O)(=O)C1CSCCN1c1cccc(OC)c1N. The Morgan fingerprint density at radius 1 is 1.50 bits per heavy atom. The Balaban J connectivity index is 2.43. The van der Waals surface area contributed by atoms with Crippen LogP contribution in [0.25, 0.3) is 0 Å². The smallest absolute Gasteiger partial charge is 0.171 e. The number of methoxy groups -OCH3 is 1. The predicted molar refractivity (Wildman–Crippen MR) is 85.3 cm³/mol. The van der Waals surface area contributed by atoms with Crippen molar-refractivity contribution in [2.45, 2.75) is 12.3 Å². The summed E-state index contributed by atoms with van der Waals surface area (Å²) in [5, 5.41) is -0.513. The third kappa shape index (κ3) is 2.83. The van der Waals surface area contributed by atoms with Gasteiger partial charge in [0.05, 0.1) is 18.5 Å². The minimum absolute atomic E-state index is 0.137. The van der Waals surface area contributed by atoms with Crippen molar-refractivity contribution in [3.63, 3.8) is 0 Å². The lowest BCUT2D eigenvalue weighted by atomic mass is 10.2. The van der Waals surface area contributed by atoms with E-state index in [0.717, 1.165) is 11.4 Å². The van der Waals surface area contributed by atoms with E-state index in [0.29, 0.717) is 23.7 Å². The Kier molecular flexibility index (Phi) is 4.70. The van der Waals surface area contributed by atoms with Crippen LogP contribution in [0.5, 0.6) is 5.75 Å². The van der Waals surface area contributed by atoms with E-state index >= 15 is 0 Å². The minimum atomic E-state index is -3.15. The first-order valence-electron chi connectivity index (χ1n) is 6.49. The number of ether oxygens (including phenoxy) is 1. The van der Waals surface area contributed by atoms with Crippen LogP contribution in [0.15, 0.2) is 18.2 Å². The molecule has 1 aliphatic rings. The van der Waals surface area contributed by atoms with Crippen molar-refractivity contribution in [2.24, 2.45) is 0 Å². The van der Waals surface area contributed by atoms with Crippen LogP contribution in [-0.4, -0.2) is 44.7 Å². The number of thioether (sulfide) groups is 1. The average molecular weight is 316 g/mol. The third-order valence-electron chi connectivity index (χ3n) is 3.47. The topological polar surface area (TPSA) is 72.6 Å². The molecule has 1 fully saturated rings. The Hall–Kier alpha value is -1.08. The number of para-hydroxylation sites is 1. The molecule has 0 spiro atoms. The Morgan fingerprint density at radius 2 is 2.25 bits per heavy atom. The summed E-state index contributed by atoms with van der Waals surface area (Å²) in [6, 6.07) is 5.47. The highest BCUT2D eigenvalue weighted by molar-refractivity contribution is 8.01. The molecule has 1 unspecified atom stereocenters. The fourth-order valence-electron chi connectivity index (χ4n) is 2.31. The van der Waals surface area contributed by atoms with Gasteiger partial charge in [-0.05, 0) is 12.1 Å². The molecule has 2 rings (SSSR count). The summed E-state index contributed by atoms with van der Waals surface area (Å²) in [4.78, 5) is 1.90. The largest absolute Gasteiger partial charge is 0.495 e. The van der Waals surface area contributed by atoms with Crippen LogP contribution in [0.3, 0.4) is 0 Å². The second kappa shape index (κ2) is 6.13. The predicted octanol–water partition coefficient (Wildman–Crippen LogP) is 1.59.